The third-order valence-corrected chi connectivity index (χ3v) is 4.77. The summed E-state index contributed by atoms with van der Waals surface area (Å²) in [6, 6.07) is 9.48. The van der Waals surface area contributed by atoms with Gasteiger partial charge in [-0.2, -0.15) is 0 Å². The molecule has 0 fully saturated rings. The summed E-state index contributed by atoms with van der Waals surface area (Å²) < 4.78 is 1.61. The summed E-state index contributed by atoms with van der Waals surface area (Å²) >= 11 is 7.72. The Hall–Kier alpha value is -1.65. The molecule has 3 nitrogen and oxygen atoms in total. The molecule has 3 rings (SSSR count). The van der Waals surface area contributed by atoms with Gasteiger partial charge in [0.25, 0.3) is 5.56 Å². The van der Waals surface area contributed by atoms with Crippen molar-refractivity contribution in [2.75, 3.05) is 0 Å². The Bertz CT molecular complexity index is 822. The van der Waals surface area contributed by atoms with Crippen LogP contribution in [0.5, 0.6) is 0 Å². The fourth-order valence-electron chi connectivity index (χ4n) is 2.11. The Labute approximate surface area is 125 Å². The normalized spacial score (nSPS) is 11.1. The van der Waals surface area contributed by atoms with Crippen LogP contribution in [0.4, 0.5) is 0 Å². The maximum Gasteiger partial charge on any atom is 0.262 e. The number of rotatable bonds is 3. The molecular weight excluding hydrogens is 292 g/mol. The largest absolute Gasteiger partial charge is 0.294 e. The summed E-state index contributed by atoms with van der Waals surface area (Å²) in [5.41, 5.74) is 0.911. The van der Waals surface area contributed by atoms with Gasteiger partial charge < -0.3 is 0 Å². The zero-order valence-electron chi connectivity index (χ0n) is 11.0. The van der Waals surface area contributed by atoms with E-state index < -0.39 is 0 Å². The Morgan fingerprint density at radius 1 is 1.35 bits per heavy atom. The number of hydrogen-bond acceptors (Lipinski definition) is 3. The van der Waals surface area contributed by atoms with Gasteiger partial charge in [0.1, 0.15) is 4.83 Å². The van der Waals surface area contributed by atoms with Crippen molar-refractivity contribution in [2.24, 2.45) is 0 Å². The second-order valence-electron chi connectivity index (χ2n) is 4.55. The number of benzene rings is 1. The standard InChI is InChI=1S/C15H13ClN2OS/c1-2-11-7-12-14(20-11)17-9-18(15(12)19)8-10-5-3-4-6-13(10)16/h3-7,9H,2,8H2,1H3. The molecule has 0 amide bonds. The van der Waals surface area contributed by atoms with E-state index >= 15 is 0 Å². The van der Waals surface area contributed by atoms with Crippen molar-refractivity contribution in [3.05, 3.63) is 62.5 Å². The van der Waals surface area contributed by atoms with E-state index in [4.69, 9.17) is 11.6 Å². The summed E-state index contributed by atoms with van der Waals surface area (Å²) in [5.74, 6) is 0. The maximum atomic E-state index is 12.5. The highest BCUT2D eigenvalue weighted by atomic mass is 35.5. The SMILES string of the molecule is CCc1cc2c(=O)n(Cc3ccccc3Cl)cnc2s1. The first kappa shape index (κ1) is 13.3. The van der Waals surface area contributed by atoms with Gasteiger partial charge in [-0.05, 0) is 24.1 Å². The smallest absolute Gasteiger partial charge is 0.262 e. The number of nitrogens with zero attached hydrogens (tertiary/aromatic N) is 2. The lowest BCUT2D eigenvalue weighted by Gasteiger charge is -2.06. The third-order valence-electron chi connectivity index (χ3n) is 3.22. The van der Waals surface area contributed by atoms with Crippen molar-refractivity contribution in [3.63, 3.8) is 0 Å². The zero-order valence-corrected chi connectivity index (χ0v) is 12.5. The molecule has 0 saturated heterocycles. The zero-order chi connectivity index (χ0) is 14.1. The van der Waals surface area contributed by atoms with E-state index in [0.717, 1.165) is 16.8 Å². The van der Waals surface area contributed by atoms with Crippen LogP contribution in [0.15, 0.2) is 41.5 Å². The first-order valence-electron chi connectivity index (χ1n) is 6.40. The molecule has 0 radical (unpaired) electrons. The molecule has 0 unspecified atom stereocenters. The van der Waals surface area contributed by atoms with E-state index in [0.29, 0.717) is 17.0 Å². The molecule has 102 valence electrons. The molecule has 0 aliphatic carbocycles. The number of fused-ring (bicyclic) bond motifs is 1. The monoisotopic (exact) mass is 304 g/mol. The van der Waals surface area contributed by atoms with E-state index in [1.807, 2.05) is 30.3 Å². The number of aryl methyl sites for hydroxylation is 1. The van der Waals surface area contributed by atoms with Crippen LogP contribution < -0.4 is 5.56 Å². The molecule has 0 atom stereocenters. The van der Waals surface area contributed by atoms with Gasteiger partial charge >= 0.3 is 0 Å². The van der Waals surface area contributed by atoms with Gasteiger partial charge in [0.05, 0.1) is 18.3 Å². The van der Waals surface area contributed by atoms with Crippen molar-refractivity contribution in [1.82, 2.24) is 9.55 Å². The minimum absolute atomic E-state index is 0.00845. The average Bonchev–Trinajstić information content (AvgIpc) is 2.88. The predicted octanol–water partition coefficient (Wildman–Crippen LogP) is 3.72. The first-order chi connectivity index (χ1) is 9.69. The second kappa shape index (κ2) is 5.38. The minimum atomic E-state index is -0.00845. The minimum Gasteiger partial charge on any atom is -0.294 e. The topological polar surface area (TPSA) is 34.9 Å². The van der Waals surface area contributed by atoms with E-state index in [-0.39, 0.29) is 5.56 Å². The number of thiophene rings is 1. The van der Waals surface area contributed by atoms with Crippen LogP contribution in [0.3, 0.4) is 0 Å². The Balaban J connectivity index is 2.06. The number of hydrogen-bond donors (Lipinski definition) is 0. The van der Waals surface area contributed by atoms with Gasteiger partial charge in [0.2, 0.25) is 0 Å². The van der Waals surface area contributed by atoms with Crippen molar-refractivity contribution in [2.45, 2.75) is 19.9 Å². The molecule has 0 aliphatic heterocycles. The fraction of sp³-hybridized carbons (Fsp3) is 0.200. The van der Waals surface area contributed by atoms with Crippen molar-refractivity contribution < 1.29 is 0 Å². The Morgan fingerprint density at radius 3 is 2.90 bits per heavy atom. The highest BCUT2D eigenvalue weighted by molar-refractivity contribution is 7.18. The molecule has 2 heterocycles. The van der Waals surface area contributed by atoms with E-state index in [9.17, 15) is 4.79 Å². The maximum absolute atomic E-state index is 12.5. The van der Waals surface area contributed by atoms with Gasteiger partial charge in [0, 0.05) is 9.90 Å². The van der Waals surface area contributed by atoms with Crippen LogP contribution in [0.25, 0.3) is 10.2 Å². The Kier molecular flexibility index (Phi) is 3.59. The first-order valence-corrected chi connectivity index (χ1v) is 7.59. The molecule has 0 saturated carbocycles. The predicted molar refractivity (Wildman–Crippen MR) is 83.8 cm³/mol. The van der Waals surface area contributed by atoms with Crippen LogP contribution >= 0.6 is 22.9 Å². The summed E-state index contributed by atoms with van der Waals surface area (Å²) in [7, 11) is 0. The number of aromatic nitrogens is 2. The van der Waals surface area contributed by atoms with Crippen molar-refractivity contribution in [3.8, 4) is 0 Å². The highest BCUT2D eigenvalue weighted by Gasteiger charge is 2.09. The highest BCUT2D eigenvalue weighted by Crippen LogP contribution is 2.21. The molecule has 2 aromatic heterocycles. The molecule has 0 spiro atoms. The van der Waals surface area contributed by atoms with Crippen LogP contribution in [-0.4, -0.2) is 9.55 Å². The van der Waals surface area contributed by atoms with Gasteiger partial charge in [0.15, 0.2) is 0 Å². The molecule has 20 heavy (non-hydrogen) atoms. The molecular formula is C15H13ClN2OS. The van der Waals surface area contributed by atoms with E-state index in [1.165, 1.54) is 4.88 Å². The van der Waals surface area contributed by atoms with Crippen molar-refractivity contribution in [1.29, 1.82) is 0 Å². The van der Waals surface area contributed by atoms with Gasteiger partial charge in [-0.15, -0.1) is 11.3 Å². The fourth-order valence-corrected chi connectivity index (χ4v) is 3.23. The quantitative estimate of drug-likeness (QED) is 0.739. The molecule has 0 aliphatic rings. The van der Waals surface area contributed by atoms with Crippen molar-refractivity contribution >= 4 is 33.2 Å². The van der Waals surface area contributed by atoms with Crippen LogP contribution in [-0.2, 0) is 13.0 Å². The average molecular weight is 305 g/mol. The molecule has 1 aromatic carbocycles. The second-order valence-corrected chi connectivity index (χ2v) is 6.08. The molecule has 5 heteroatoms. The third kappa shape index (κ3) is 2.37. The Morgan fingerprint density at radius 2 is 2.15 bits per heavy atom. The summed E-state index contributed by atoms with van der Waals surface area (Å²) in [6.07, 6.45) is 2.52. The molecule has 3 aromatic rings. The molecule has 0 N–H and O–H groups in total. The van der Waals surface area contributed by atoms with Gasteiger partial charge in [-0.25, -0.2) is 4.98 Å². The van der Waals surface area contributed by atoms with Crippen LogP contribution in [0, 0.1) is 0 Å². The van der Waals surface area contributed by atoms with E-state index in [2.05, 4.69) is 11.9 Å². The number of halogens is 1. The summed E-state index contributed by atoms with van der Waals surface area (Å²) in [4.78, 5) is 18.8. The lowest BCUT2D eigenvalue weighted by atomic mass is 10.2. The van der Waals surface area contributed by atoms with E-state index in [1.54, 1.807) is 22.2 Å². The van der Waals surface area contributed by atoms with Crippen LogP contribution in [0.1, 0.15) is 17.4 Å². The van der Waals surface area contributed by atoms with Crippen LogP contribution in [0.2, 0.25) is 5.02 Å². The summed E-state index contributed by atoms with van der Waals surface area (Å²) in [6.45, 7) is 2.52. The van der Waals surface area contributed by atoms with Gasteiger partial charge in [-0.3, -0.25) is 9.36 Å². The van der Waals surface area contributed by atoms with Gasteiger partial charge in [-0.1, -0.05) is 36.7 Å². The lowest BCUT2D eigenvalue weighted by molar-refractivity contribution is 0.749. The summed E-state index contributed by atoms with van der Waals surface area (Å²) in [5, 5.41) is 1.36. The molecule has 0 bridgehead atoms. The lowest BCUT2D eigenvalue weighted by Crippen LogP contribution is -2.20.